The number of carboxylic acids is 1. The first-order valence-electron chi connectivity index (χ1n) is 5.57. The van der Waals surface area contributed by atoms with Gasteiger partial charge in [0.15, 0.2) is 0 Å². The first kappa shape index (κ1) is 14.6. The fourth-order valence-corrected chi connectivity index (χ4v) is 1.52. The zero-order valence-corrected chi connectivity index (χ0v) is 10.3. The molecule has 1 heterocycles. The highest BCUT2D eigenvalue weighted by molar-refractivity contribution is 5.93. The summed E-state index contributed by atoms with van der Waals surface area (Å²) in [5.74, 6) is -3.34. The maximum Gasteiger partial charge on any atom is 0.451 e. The van der Waals surface area contributed by atoms with Crippen LogP contribution in [0.2, 0.25) is 0 Å². The minimum absolute atomic E-state index is 0.310. The van der Waals surface area contributed by atoms with Gasteiger partial charge in [0, 0.05) is 17.6 Å². The van der Waals surface area contributed by atoms with Crippen LogP contribution in [0.4, 0.5) is 30.4 Å². The van der Waals surface area contributed by atoms with E-state index in [1.807, 2.05) is 0 Å². The largest absolute Gasteiger partial charge is 0.477 e. The summed E-state index contributed by atoms with van der Waals surface area (Å²) in [5.41, 5.74) is 5.73. The van der Waals surface area contributed by atoms with E-state index in [0.29, 0.717) is 17.6 Å². The molecule has 2 rings (SSSR count). The minimum Gasteiger partial charge on any atom is -0.477 e. The van der Waals surface area contributed by atoms with Crippen LogP contribution >= 0.6 is 0 Å². The zero-order chi connectivity index (χ0) is 15.6. The van der Waals surface area contributed by atoms with Crippen molar-refractivity contribution in [2.24, 2.45) is 0 Å². The smallest absolute Gasteiger partial charge is 0.451 e. The van der Waals surface area contributed by atoms with Gasteiger partial charge in [-0.1, -0.05) is 6.07 Å². The lowest BCUT2D eigenvalue weighted by atomic mass is 10.2. The quantitative estimate of drug-likeness (QED) is 0.753. The molecular formula is C12H9F3N4O2. The Labute approximate surface area is 116 Å². The van der Waals surface area contributed by atoms with Crippen LogP contribution in [0.3, 0.4) is 0 Å². The molecule has 0 aliphatic heterocycles. The Morgan fingerprint density at radius 3 is 2.62 bits per heavy atom. The summed E-state index contributed by atoms with van der Waals surface area (Å²) in [6, 6.07) is 6.08. The van der Waals surface area contributed by atoms with Crippen molar-refractivity contribution in [3.63, 3.8) is 0 Å². The van der Waals surface area contributed by atoms with Crippen LogP contribution in [-0.2, 0) is 6.18 Å². The number of hydrogen-bond donors (Lipinski definition) is 3. The molecule has 0 fully saturated rings. The van der Waals surface area contributed by atoms with Gasteiger partial charge in [-0.2, -0.15) is 13.2 Å². The molecule has 1 aromatic heterocycles. The lowest BCUT2D eigenvalue weighted by Crippen LogP contribution is -2.15. The van der Waals surface area contributed by atoms with Crippen molar-refractivity contribution in [2.75, 3.05) is 11.1 Å². The van der Waals surface area contributed by atoms with E-state index in [1.165, 1.54) is 12.1 Å². The molecule has 0 bridgehead atoms. The number of nitrogen functional groups attached to an aromatic ring is 1. The van der Waals surface area contributed by atoms with E-state index in [2.05, 4.69) is 15.3 Å². The number of aromatic carboxylic acids is 1. The number of anilines is 3. The number of rotatable bonds is 3. The van der Waals surface area contributed by atoms with Crippen LogP contribution in [0.15, 0.2) is 30.5 Å². The number of hydrogen-bond acceptors (Lipinski definition) is 5. The van der Waals surface area contributed by atoms with E-state index in [9.17, 15) is 18.0 Å². The summed E-state index contributed by atoms with van der Waals surface area (Å²) < 4.78 is 37.8. The lowest BCUT2D eigenvalue weighted by molar-refractivity contribution is -0.144. The van der Waals surface area contributed by atoms with E-state index < -0.39 is 29.4 Å². The Balaban J connectivity index is 2.46. The number of carboxylic acid groups (broad SMARTS) is 1. The molecule has 2 aromatic rings. The molecule has 6 nitrogen and oxygen atoms in total. The molecule has 0 spiro atoms. The van der Waals surface area contributed by atoms with Crippen LogP contribution in [-0.4, -0.2) is 21.0 Å². The van der Waals surface area contributed by atoms with Gasteiger partial charge < -0.3 is 16.2 Å². The van der Waals surface area contributed by atoms with E-state index in [0.717, 1.165) is 0 Å². The minimum atomic E-state index is -4.77. The summed E-state index contributed by atoms with van der Waals surface area (Å²) in [5, 5.41) is 11.5. The van der Waals surface area contributed by atoms with Gasteiger partial charge in [0.25, 0.3) is 0 Å². The molecule has 0 saturated heterocycles. The van der Waals surface area contributed by atoms with Gasteiger partial charge in [0.1, 0.15) is 11.4 Å². The van der Waals surface area contributed by atoms with Crippen LogP contribution in [0, 0.1) is 0 Å². The Kier molecular flexibility index (Phi) is 3.66. The number of carbonyl (C=O) groups is 1. The maximum absolute atomic E-state index is 12.6. The van der Waals surface area contributed by atoms with Gasteiger partial charge in [-0.15, -0.1) is 0 Å². The van der Waals surface area contributed by atoms with Gasteiger partial charge in [-0.05, 0) is 18.2 Å². The van der Waals surface area contributed by atoms with Crippen molar-refractivity contribution in [3.05, 3.63) is 41.9 Å². The number of nitrogens with zero attached hydrogens (tertiary/aromatic N) is 2. The fraction of sp³-hybridized carbons (Fsp3) is 0.0833. The highest BCUT2D eigenvalue weighted by atomic mass is 19.4. The Bertz CT molecular complexity index is 688. The van der Waals surface area contributed by atoms with E-state index >= 15 is 0 Å². The predicted molar refractivity (Wildman–Crippen MR) is 68.1 cm³/mol. The molecule has 0 aliphatic carbocycles. The van der Waals surface area contributed by atoms with Gasteiger partial charge in [-0.25, -0.2) is 14.8 Å². The molecule has 4 N–H and O–H groups in total. The molecule has 0 aliphatic rings. The first-order chi connectivity index (χ1) is 9.77. The highest BCUT2D eigenvalue weighted by Gasteiger charge is 2.35. The molecule has 0 saturated carbocycles. The van der Waals surface area contributed by atoms with Gasteiger partial charge in [-0.3, -0.25) is 0 Å². The van der Waals surface area contributed by atoms with Gasteiger partial charge in [0.05, 0.1) is 0 Å². The second-order valence-corrected chi connectivity index (χ2v) is 4.01. The molecule has 0 amide bonds. The fourth-order valence-electron chi connectivity index (χ4n) is 1.52. The number of halogens is 3. The van der Waals surface area contributed by atoms with Gasteiger partial charge >= 0.3 is 12.1 Å². The Hall–Kier alpha value is -2.84. The molecule has 0 unspecified atom stereocenters. The van der Waals surface area contributed by atoms with Crippen LogP contribution < -0.4 is 11.1 Å². The number of nitrogens with one attached hydrogen (secondary N) is 1. The molecule has 1 aromatic carbocycles. The topological polar surface area (TPSA) is 101 Å². The summed E-state index contributed by atoms with van der Waals surface area (Å²) >= 11 is 0. The number of aromatic nitrogens is 2. The standard InChI is InChI=1S/C12H9F3N4O2/c13-12(14,15)11-17-5-8(10(20)21)9(19-11)18-7-3-1-2-6(16)4-7/h1-5H,16H2,(H,20,21)(H,17,18,19). The average Bonchev–Trinajstić information content (AvgIpc) is 2.37. The predicted octanol–water partition coefficient (Wildman–Crippen LogP) is 2.52. The van der Waals surface area contributed by atoms with Crippen molar-refractivity contribution in [3.8, 4) is 0 Å². The van der Waals surface area contributed by atoms with E-state index in [4.69, 9.17) is 10.8 Å². The van der Waals surface area contributed by atoms with E-state index in [-0.39, 0.29) is 0 Å². The molecule has 9 heteroatoms. The first-order valence-corrected chi connectivity index (χ1v) is 5.57. The van der Waals surface area contributed by atoms with Crippen LogP contribution in [0.5, 0.6) is 0 Å². The normalized spacial score (nSPS) is 11.2. The Morgan fingerprint density at radius 2 is 2.05 bits per heavy atom. The van der Waals surface area contributed by atoms with Crippen LogP contribution in [0.1, 0.15) is 16.2 Å². The van der Waals surface area contributed by atoms with Crippen molar-refractivity contribution in [1.82, 2.24) is 9.97 Å². The highest BCUT2D eigenvalue weighted by Crippen LogP contribution is 2.28. The summed E-state index contributed by atoms with van der Waals surface area (Å²) in [4.78, 5) is 17.2. The number of alkyl halides is 3. The van der Waals surface area contributed by atoms with Gasteiger partial charge in [0.2, 0.25) is 5.82 Å². The van der Waals surface area contributed by atoms with Crippen molar-refractivity contribution in [1.29, 1.82) is 0 Å². The summed E-state index contributed by atoms with van der Waals surface area (Å²) in [6.45, 7) is 0. The summed E-state index contributed by atoms with van der Waals surface area (Å²) in [7, 11) is 0. The monoisotopic (exact) mass is 298 g/mol. The number of benzene rings is 1. The van der Waals surface area contributed by atoms with Crippen molar-refractivity contribution >= 4 is 23.2 Å². The second-order valence-electron chi connectivity index (χ2n) is 4.01. The Morgan fingerprint density at radius 1 is 1.33 bits per heavy atom. The third kappa shape index (κ3) is 3.38. The third-order valence-corrected chi connectivity index (χ3v) is 2.42. The summed E-state index contributed by atoms with van der Waals surface area (Å²) in [6.07, 6.45) is -4.17. The SMILES string of the molecule is Nc1cccc(Nc2nc(C(F)(F)F)ncc2C(=O)O)c1. The number of nitrogens with two attached hydrogens (primary N) is 1. The third-order valence-electron chi connectivity index (χ3n) is 2.42. The molecule has 110 valence electrons. The van der Waals surface area contributed by atoms with Crippen molar-refractivity contribution < 1.29 is 23.1 Å². The molecule has 0 radical (unpaired) electrons. The molecule has 0 atom stereocenters. The molecular weight excluding hydrogens is 289 g/mol. The van der Waals surface area contributed by atoms with Crippen molar-refractivity contribution in [2.45, 2.75) is 6.18 Å². The zero-order valence-electron chi connectivity index (χ0n) is 10.3. The maximum atomic E-state index is 12.6. The molecule has 21 heavy (non-hydrogen) atoms. The van der Waals surface area contributed by atoms with Crippen LogP contribution in [0.25, 0.3) is 0 Å². The second kappa shape index (κ2) is 5.27. The average molecular weight is 298 g/mol. The van der Waals surface area contributed by atoms with E-state index in [1.54, 1.807) is 12.1 Å². The lowest BCUT2D eigenvalue weighted by Gasteiger charge is -2.11.